The van der Waals surface area contributed by atoms with Crippen LogP contribution in [0.15, 0.2) is 24.8 Å². The van der Waals surface area contributed by atoms with E-state index in [0.29, 0.717) is 5.02 Å². The zero-order chi connectivity index (χ0) is 15.1. The van der Waals surface area contributed by atoms with Gasteiger partial charge in [0.2, 0.25) is 0 Å². The van der Waals surface area contributed by atoms with E-state index in [1.165, 1.54) is 0 Å². The van der Waals surface area contributed by atoms with Gasteiger partial charge in [-0.25, -0.2) is 4.98 Å². The first-order valence-electron chi connectivity index (χ1n) is 7.45. The van der Waals surface area contributed by atoms with Crippen LogP contribution < -0.4 is 5.32 Å². The van der Waals surface area contributed by atoms with Crippen LogP contribution in [0.4, 0.5) is 0 Å². The van der Waals surface area contributed by atoms with Crippen LogP contribution in [-0.4, -0.2) is 26.3 Å². The number of nitrogens with one attached hydrogen (secondary N) is 1. The molecule has 0 radical (unpaired) electrons. The highest BCUT2D eigenvalue weighted by molar-refractivity contribution is 6.31. The summed E-state index contributed by atoms with van der Waals surface area (Å²) < 4.78 is 1.97. The van der Waals surface area contributed by atoms with Gasteiger partial charge in [-0.05, 0) is 31.0 Å². The second-order valence-corrected chi connectivity index (χ2v) is 5.41. The zero-order valence-corrected chi connectivity index (χ0v) is 13.3. The second-order valence-electron chi connectivity index (χ2n) is 5.01. The second kappa shape index (κ2) is 8.10. The van der Waals surface area contributed by atoms with Crippen molar-refractivity contribution in [3.8, 4) is 0 Å². The first-order chi connectivity index (χ1) is 10.3. The molecule has 2 aromatic heterocycles. The van der Waals surface area contributed by atoms with E-state index in [0.717, 1.165) is 43.7 Å². The largest absolute Gasteiger partial charge is 0.310 e. The minimum Gasteiger partial charge on any atom is -0.310 e. The average Bonchev–Trinajstić information content (AvgIpc) is 2.92. The highest BCUT2D eigenvalue weighted by atomic mass is 35.5. The lowest BCUT2D eigenvalue weighted by molar-refractivity contribution is 0.488. The van der Waals surface area contributed by atoms with E-state index in [4.69, 9.17) is 11.6 Å². The first-order valence-corrected chi connectivity index (χ1v) is 7.83. The van der Waals surface area contributed by atoms with Crippen LogP contribution in [0.2, 0.25) is 5.02 Å². The summed E-state index contributed by atoms with van der Waals surface area (Å²) in [5, 5.41) is 8.52. The predicted octanol–water partition coefficient (Wildman–Crippen LogP) is 3.02. The Kier molecular flexibility index (Phi) is 6.14. The lowest BCUT2D eigenvalue weighted by Crippen LogP contribution is -2.26. The molecule has 0 aromatic carbocycles. The number of nitrogens with zero attached hydrogens (tertiary/aromatic N) is 4. The van der Waals surface area contributed by atoms with E-state index in [1.54, 1.807) is 18.7 Å². The average molecular weight is 308 g/mol. The molecule has 0 bridgehead atoms. The highest BCUT2D eigenvalue weighted by Crippen LogP contribution is 2.24. The smallest absolute Gasteiger partial charge is 0.138 e. The van der Waals surface area contributed by atoms with Gasteiger partial charge in [-0.3, -0.25) is 9.67 Å². The summed E-state index contributed by atoms with van der Waals surface area (Å²) in [7, 11) is 0. The maximum Gasteiger partial charge on any atom is 0.138 e. The molecular formula is C15H22ClN5. The zero-order valence-electron chi connectivity index (χ0n) is 12.6. The molecule has 0 spiro atoms. The molecule has 1 unspecified atom stereocenters. The number of halogens is 1. The van der Waals surface area contributed by atoms with Gasteiger partial charge in [0, 0.05) is 31.4 Å². The summed E-state index contributed by atoms with van der Waals surface area (Å²) in [5.41, 5.74) is 1.06. The molecule has 6 heteroatoms. The molecule has 0 aliphatic carbocycles. The number of aromatic nitrogens is 4. The van der Waals surface area contributed by atoms with Gasteiger partial charge in [0.15, 0.2) is 0 Å². The van der Waals surface area contributed by atoms with Crippen molar-refractivity contribution in [2.45, 2.75) is 45.7 Å². The molecule has 2 aromatic rings. The van der Waals surface area contributed by atoms with Gasteiger partial charge in [-0.1, -0.05) is 25.4 Å². The van der Waals surface area contributed by atoms with E-state index in [-0.39, 0.29) is 6.04 Å². The molecule has 1 atom stereocenters. The van der Waals surface area contributed by atoms with E-state index in [2.05, 4.69) is 34.2 Å². The third kappa shape index (κ3) is 4.25. The van der Waals surface area contributed by atoms with Crippen molar-refractivity contribution in [3.05, 3.63) is 41.2 Å². The predicted molar refractivity (Wildman–Crippen MR) is 84.3 cm³/mol. The molecule has 1 N–H and O–H groups in total. The number of rotatable bonds is 8. The van der Waals surface area contributed by atoms with Crippen molar-refractivity contribution in [1.29, 1.82) is 0 Å². The molecule has 0 amide bonds. The van der Waals surface area contributed by atoms with Crippen LogP contribution in [0.25, 0.3) is 0 Å². The van der Waals surface area contributed by atoms with Crippen molar-refractivity contribution in [2.75, 3.05) is 6.54 Å². The molecule has 2 rings (SSSR count). The number of pyridine rings is 1. The molecule has 0 aliphatic heterocycles. The third-order valence-corrected chi connectivity index (χ3v) is 3.65. The fourth-order valence-electron chi connectivity index (χ4n) is 2.31. The maximum atomic E-state index is 6.29. The van der Waals surface area contributed by atoms with Gasteiger partial charge < -0.3 is 5.32 Å². The fourth-order valence-corrected chi connectivity index (χ4v) is 2.56. The first kappa shape index (κ1) is 15.9. The normalized spacial score (nSPS) is 12.5. The van der Waals surface area contributed by atoms with Crippen LogP contribution in [0.5, 0.6) is 0 Å². The molecule has 0 saturated heterocycles. The lowest BCUT2D eigenvalue weighted by Gasteiger charge is -2.20. The molecule has 0 fully saturated rings. The molecule has 0 aliphatic rings. The highest BCUT2D eigenvalue weighted by Gasteiger charge is 2.17. The van der Waals surface area contributed by atoms with Crippen molar-refractivity contribution < 1.29 is 0 Å². The number of hydrogen-bond donors (Lipinski definition) is 1. The molecule has 21 heavy (non-hydrogen) atoms. The number of hydrogen-bond acceptors (Lipinski definition) is 4. The van der Waals surface area contributed by atoms with Crippen molar-refractivity contribution >= 4 is 11.6 Å². The summed E-state index contributed by atoms with van der Waals surface area (Å²) in [6.07, 6.45) is 7.97. The van der Waals surface area contributed by atoms with Crippen molar-refractivity contribution in [1.82, 2.24) is 25.1 Å². The number of aryl methyl sites for hydroxylation is 1. The van der Waals surface area contributed by atoms with Gasteiger partial charge in [-0.2, -0.15) is 5.10 Å². The molecule has 2 heterocycles. The van der Waals surface area contributed by atoms with E-state index in [9.17, 15) is 0 Å². The summed E-state index contributed by atoms with van der Waals surface area (Å²) >= 11 is 6.29. The van der Waals surface area contributed by atoms with Crippen molar-refractivity contribution in [3.63, 3.8) is 0 Å². The minimum absolute atomic E-state index is 0.125. The van der Waals surface area contributed by atoms with Gasteiger partial charge >= 0.3 is 0 Å². The van der Waals surface area contributed by atoms with Crippen LogP contribution in [-0.2, 0) is 13.0 Å². The molecule has 0 saturated carbocycles. The summed E-state index contributed by atoms with van der Waals surface area (Å²) in [5.74, 6) is 0.985. The van der Waals surface area contributed by atoms with Crippen LogP contribution in [0.3, 0.4) is 0 Å². The Hall–Kier alpha value is -1.46. The summed E-state index contributed by atoms with van der Waals surface area (Å²) in [6, 6.07) is 2.09. The Morgan fingerprint density at radius 3 is 2.90 bits per heavy atom. The fraction of sp³-hybridized carbons (Fsp3) is 0.533. The summed E-state index contributed by atoms with van der Waals surface area (Å²) in [4.78, 5) is 8.45. The third-order valence-electron chi connectivity index (χ3n) is 3.34. The topological polar surface area (TPSA) is 55.6 Å². The molecule has 5 nitrogen and oxygen atoms in total. The minimum atomic E-state index is 0.125. The van der Waals surface area contributed by atoms with Crippen molar-refractivity contribution in [2.24, 2.45) is 0 Å². The van der Waals surface area contributed by atoms with Gasteiger partial charge in [0.25, 0.3) is 0 Å². The standard InChI is InChI=1S/C15H22ClN5/c1-3-6-18-14(12-5-7-17-10-13(12)16)9-15-19-11-20-21(15)8-4-2/h5,7,10-11,14,18H,3-4,6,8-9H2,1-2H3. The van der Waals surface area contributed by atoms with E-state index in [1.807, 2.05) is 10.7 Å². The Bertz CT molecular complexity index is 555. The Morgan fingerprint density at radius 1 is 1.33 bits per heavy atom. The molecule has 114 valence electrons. The van der Waals surface area contributed by atoms with Gasteiger partial charge in [-0.15, -0.1) is 0 Å². The van der Waals surface area contributed by atoms with Gasteiger partial charge in [0.1, 0.15) is 12.2 Å². The van der Waals surface area contributed by atoms with Crippen LogP contribution in [0, 0.1) is 0 Å². The van der Waals surface area contributed by atoms with Crippen LogP contribution in [0.1, 0.15) is 44.1 Å². The Morgan fingerprint density at radius 2 is 2.19 bits per heavy atom. The maximum absolute atomic E-state index is 6.29. The van der Waals surface area contributed by atoms with E-state index >= 15 is 0 Å². The van der Waals surface area contributed by atoms with Crippen LogP contribution >= 0.6 is 11.6 Å². The summed E-state index contributed by atoms with van der Waals surface area (Å²) in [6.45, 7) is 6.11. The quantitative estimate of drug-likeness (QED) is 0.814. The SMILES string of the molecule is CCCNC(Cc1ncnn1CCC)c1ccncc1Cl. The van der Waals surface area contributed by atoms with Gasteiger partial charge in [0.05, 0.1) is 5.02 Å². The monoisotopic (exact) mass is 307 g/mol. The molecular weight excluding hydrogens is 286 g/mol. The lowest BCUT2D eigenvalue weighted by atomic mass is 10.0. The Labute approximate surface area is 130 Å². The van der Waals surface area contributed by atoms with E-state index < -0.39 is 0 Å². The Balaban J connectivity index is 2.20.